The summed E-state index contributed by atoms with van der Waals surface area (Å²) in [4.78, 5) is 4.46. The monoisotopic (exact) mass is 277 g/mol. The zero-order valence-electron chi connectivity index (χ0n) is 13.2. The molecule has 1 aromatic carbocycles. The molecule has 19 heavy (non-hydrogen) atoms. The quantitative estimate of drug-likeness (QED) is 0.443. The van der Waals surface area contributed by atoms with Crippen molar-refractivity contribution in [3.8, 4) is 0 Å². The Hall–Kier alpha value is -0.933. The van der Waals surface area contributed by atoms with E-state index in [1.807, 2.05) is 18.3 Å². The van der Waals surface area contributed by atoms with Crippen LogP contribution < -0.4 is 0 Å². The maximum absolute atomic E-state index is 6.09. The first-order valence-corrected chi connectivity index (χ1v) is 9.84. The number of rotatable bonds is 5. The van der Waals surface area contributed by atoms with Crippen molar-refractivity contribution in [2.24, 2.45) is 4.99 Å². The standard InChI is InChI=1S/C16H27NOSi/c1-14-9-7-8-10-15(14)13-17-11-12-18-19(5,6)16(2,3)4/h7-10,13H,11-12H2,1-6H3. The molecule has 2 nitrogen and oxygen atoms in total. The van der Waals surface area contributed by atoms with E-state index in [0.29, 0.717) is 0 Å². The Labute approximate surface area is 119 Å². The lowest BCUT2D eigenvalue weighted by Crippen LogP contribution is -2.41. The van der Waals surface area contributed by atoms with E-state index < -0.39 is 8.32 Å². The second-order valence-electron chi connectivity index (χ2n) is 6.50. The van der Waals surface area contributed by atoms with Crippen LogP contribution in [0.2, 0.25) is 18.1 Å². The van der Waals surface area contributed by atoms with Gasteiger partial charge in [-0.2, -0.15) is 0 Å². The molecule has 0 unspecified atom stereocenters. The highest BCUT2D eigenvalue weighted by Gasteiger charge is 2.36. The van der Waals surface area contributed by atoms with Gasteiger partial charge in [0.1, 0.15) is 0 Å². The predicted octanol–water partition coefficient (Wildman–Crippen LogP) is 4.44. The van der Waals surface area contributed by atoms with Crippen molar-refractivity contribution in [2.75, 3.05) is 13.2 Å². The van der Waals surface area contributed by atoms with Crippen LogP contribution in [0.5, 0.6) is 0 Å². The van der Waals surface area contributed by atoms with Crippen LogP contribution in [0.1, 0.15) is 31.9 Å². The molecule has 1 rings (SSSR count). The molecule has 0 fully saturated rings. The number of benzene rings is 1. The Morgan fingerprint density at radius 2 is 1.84 bits per heavy atom. The van der Waals surface area contributed by atoms with Gasteiger partial charge in [-0.15, -0.1) is 0 Å². The minimum Gasteiger partial charge on any atom is -0.415 e. The summed E-state index contributed by atoms with van der Waals surface area (Å²) in [6.45, 7) is 14.9. The van der Waals surface area contributed by atoms with Gasteiger partial charge in [0.2, 0.25) is 0 Å². The van der Waals surface area contributed by atoms with Crippen LogP contribution in [-0.4, -0.2) is 27.7 Å². The lowest BCUT2D eigenvalue weighted by Gasteiger charge is -2.35. The Bertz CT molecular complexity index is 433. The second kappa shape index (κ2) is 6.48. The first-order valence-electron chi connectivity index (χ1n) is 6.93. The number of aliphatic imine (C=N–C) groups is 1. The van der Waals surface area contributed by atoms with Crippen LogP contribution in [0.3, 0.4) is 0 Å². The molecule has 0 aliphatic rings. The molecule has 0 amide bonds. The van der Waals surface area contributed by atoms with Crippen LogP contribution in [0.4, 0.5) is 0 Å². The molecule has 1 aromatic rings. The van der Waals surface area contributed by atoms with Gasteiger partial charge < -0.3 is 4.43 Å². The third-order valence-corrected chi connectivity index (χ3v) is 8.45. The van der Waals surface area contributed by atoms with Gasteiger partial charge in [0.15, 0.2) is 8.32 Å². The van der Waals surface area contributed by atoms with Crippen LogP contribution in [0.25, 0.3) is 0 Å². The van der Waals surface area contributed by atoms with Crippen LogP contribution >= 0.6 is 0 Å². The van der Waals surface area contributed by atoms with E-state index in [0.717, 1.165) is 13.2 Å². The van der Waals surface area contributed by atoms with E-state index in [-0.39, 0.29) is 5.04 Å². The summed E-state index contributed by atoms with van der Waals surface area (Å²) in [6.07, 6.45) is 1.95. The van der Waals surface area contributed by atoms with E-state index >= 15 is 0 Å². The highest BCUT2D eigenvalue weighted by molar-refractivity contribution is 6.74. The van der Waals surface area contributed by atoms with Gasteiger partial charge in [-0.1, -0.05) is 45.0 Å². The molecule has 0 saturated heterocycles. The summed E-state index contributed by atoms with van der Waals surface area (Å²) in [5, 5.41) is 0.271. The minimum atomic E-state index is -1.62. The number of hydrogen-bond donors (Lipinski definition) is 0. The first-order chi connectivity index (χ1) is 8.74. The molecule has 0 spiro atoms. The maximum Gasteiger partial charge on any atom is 0.192 e. The molecule has 0 N–H and O–H groups in total. The molecule has 0 atom stereocenters. The normalized spacial score (nSPS) is 13.2. The molecular formula is C16H27NOSi. The Morgan fingerprint density at radius 1 is 1.21 bits per heavy atom. The van der Waals surface area contributed by atoms with E-state index in [4.69, 9.17) is 4.43 Å². The lowest BCUT2D eigenvalue weighted by molar-refractivity contribution is 0.298. The largest absolute Gasteiger partial charge is 0.415 e. The highest BCUT2D eigenvalue weighted by Crippen LogP contribution is 2.36. The average molecular weight is 277 g/mol. The van der Waals surface area contributed by atoms with E-state index in [2.05, 4.69) is 57.9 Å². The van der Waals surface area contributed by atoms with Gasteiger partial charge in [-0.3, -0.25) is 4.99 Å². The average Bonchev–Trinajstić information content (AvgIpc) is 2.29. The van der Waals surface area contributed by atoms with Gasteiger partial charge in [0, 0.05) is 6.21 Å². The molecule has 106 valence electrons. The number of aryl methyl sites for hydroxylation is 1. The summed E-state index contributed by atoms with van der Waals surface area (Å²) in [5.41, 5.74) is 2.45. The number of hydrogen-bond acceptors (Lipinski definition) is 2. The molecule has 0 aliphatic heterocycles. The molecule has 0 saturated carbocycles. The Balaban J connectivity index is 2.42. The fraction of sp³-hybridized carbons (Fsp3) is 0.562. The molecule has 0 aliphatic carbocycles. The molecule has 0 bridgehead atoms. The molecular weight excluding hydrogens is 250 g/mol. The molecule has 0 heterocycles. The van der Waals surface area contributed by atoms with Crippen LogP contribution in [0.15, 0.2) is 29.3 Å². The van der Waals surface area contributed by atoms with E-state index in [1.54, 1.807) is 0 Å². The van der Waals surface area contributed by atoms with E-state index in [1.165, 1.54) is 11.1 Å². The third kappa shape index (κ3) is 4.92. The number of nitrogens with zero attached hydrogens (tertiary/aromatic N) is 1. The van der Waals surface area contributed by atoms with Crippen molar-refractivity contribution >= 4 is 14.5 Å². The first kappa shape index (κ1) is 16.1. The smallest absolute Gasteiger partial charge is 0.192 e. The summed E-state index contributed by atoms with van der Waals surface area (Å²) < 4.78 is 6.09. The second-order valence-corrected chi connectivity index (χ2v) is 11.3. The Morgan fingerprint density at radius 3 is 2.42 bits per heavy atom. The van der Waals surface area contributed by atoms with Crippen molar-refractivity contribution in [3.63, 3.8) is 0 Å². The van der Waals surface area contributed by atoms with Crippen molar-refractivity contribution in [1.82, 2.24) is 0 Å². The minimum absolute atomic E-state index is 0.271. The summed E-state index contributed by atoms with van der Waals surface area (Å²) >= 11 is 0. The van der Waals surface area contributed by atoms with E-state index in [9.17, 15) is 0 Å². The summed E-state index contributed by atoms with van der Waals surface area (Å²) in [5.74, 6) is 0. The van der Waals surface area contributed by atoms with Gasteiger partial charge in [0.05, 0.1) is 13.2 Å². The Kier molecular flexibility index (Phi) is 5.50. The van der Waals surface area contributed by atoms with Gasteiger partial charge in [-0.05, 0) is 36.2 Å². The lowest BCUT2D eigenvalue weighted by atomic mass is 10.1. The van der Waals surface area contributed by atoms with Crippen molar-refractivity contribution in [1.29, 1.82) is 0 Å². The summed E-state index contributed by atoms with van der Waals surface area (Å²) in [6, 6.07) is 8.29. The van der Waals surface area contributed by atoms with Crippen molar-refractivity contribution in [2.45, 2.75) is 45.8 Å². The topological polar surface area (TPSA) is 21.6 Å². The van der Waals surface area contributed by atoms with Crippen LogP contribution in [0, 0.1) is 6.92 Å². The van der Waals surface area contributed by atoms with Gasteiger partial charge in [-0.25, -0.2) is 0 Å². The molecule has 0 aromatic heterocycles. The maximum atomic E-state index is 6.09. The van der Waals surface area contributed by atoms with Crippen LogP contribution in [-0.2, 0) is 4.43 Å². The third-order valence-electron chi connectivity index (χ3n) is 3.91. The fourth-order valence-corrected chi connectivity index (χ4v) is 2.50. The highest BCUT2D eigenvalue weighted by atomic mass is 28.4. The zero-order valence-corrected chi connectivity index (χ0v) is 14.2. The van der Waals surface area contributed by atoms with Gasteiger partial charge in [0.25, 0.3) is 0 Å². The fourth-order valence-electron chi connectivity index (χ4n) is 1.46. The molecule has 0 radical (unpaired) electrons. The predicted molar refractivity (Wildman–Crippen MR) is 86.8 cm³/mol. The zero-order chi connectivity index (χ0) is 14.5. The van der Waals surface area contributed by atoms with Crippen molar-refractivity contribution < 1.29 is 4.43 Å². The summed E-state index contributed by atoms with van der Waals surface area (Å²) in [7, 11) is -1.62. The molecule has 3 heteroatoms. The van der Waals surface area contributed by atoms with Crippen molar-refractivity contribution in [3.05, 3.63) is 35.4 Å². The SMILES string of the molecule is Cc1ccccc1C=NCCO[Si](C)(C)C(C)(C)C. The van der Waals surface area contributed by atoms with Gasteiger partial charge >= 0.3 is 0 Å².